The molecule has 1 aromatic heterocycles. The molecule has 2 aromatic rings. The van der Waals surface area contributed by atoms with Gasteiger partial charge in [-0.3, -0.25) is 10.1 Å². The molecule has 11 heteroatoms. The van der Waals surface area contributed by atoms with E-state index in [1.807, 2.05) is 6.07 Å². The number of piperidine rings is 1. The van der Waals surface area contributed by atoms with Crippen LogP contribution in [0.5, 0.6) is 5.88 Å². The summed E-state index contributed by atoms with van der Waals surface area (Å²) in [5.41, 5.74) is 0.165. The Balaban J connectivity index is 1.85. The van der Waals surface area contributed by atoms with Crippen LogP contribution in [0, 0.1) is 28.4 Å². The predicted octanol–water partition coefficient (Wildman–Crippen LogP) is 1.80. The molecule has 2 heterocycles. The minimum atomic E-state index is -3.94. The molecule has 1 atom stereocenters. The highest BCUT2D eigenvalue weighted by Gasteiger charge is 2.33. The monoisotopic (exact) mass is 403 g/mol. The van der Waals surface area contributed by atoms with Gasteiger partial charge in [-0.1, -0.05) is 6.07 Å². The van der Waals surface area contributed by atoms with E-state index in [9.17, 15) is 18.5 Å². The van der Waals surface area contributed by atoms with Crippen molar-refractivity contribution < 1.29 is 18.1 Å². The van der Waals surface area contributed by atoms with Gasteiger partial charge in [0.25, 0.3) is 11.6 Å². The van der Waals surface area contributed by atoms with Crippen LogP contribution in [-0.2, 0) is 10.0 Å². The van der Waals surface area contributed by atoms with Crippen molar-refractivity contribution in [1.82, 2.24) is 14.3 Å². The third kappa shape index (κ3) is 3.92. The van der Waals surface area contributed by atoms with Crippen LogP contribution in [0.4, 0.5) is 5.69 Å². The number of hydrogen-bond donors (Lipinski definition) is 0. The van der Waals surface area contributed by atoms with Gasteiger partial charge in [0.15, 0.2) is 0 Å². The lowest BCUT2D eigenvalue weighted by atomic mass is 10.1. The van der Waals surface area contributed by atoms with Crippen molar-refractivity contribution in [3.8, 4) is 11.9 Å². The van der Waals surface area contributed by atoms with Crippen LogP contribution in [0.15, 0.2) is 35.5 Å². The van der Waals surface area contributed by atoms with Crippen LogP contribution in [0.3, 0.4) is 0 Å². The van der Waals surface area contributed by atoms with Gasteiger partial charge in [0.05, 0.1) is 16.4 Å². The van der Waals surface area contributed by atoms with Gasteiger partial charge in [-0.2, -0.15) is 9.57 Å². The second kappa shape index (κ2) is 7.87. The van der Waals surface area contributed by atoms with Crippen LogP contribution in [0.2, 0.25) is 0 Å². The molecule has 1 unspecified atom stereocenters. The van der Waals surface area contributed by atoms with Crippen molar-refractivity contribution in [3.05, 3.63) is 52.0 Å². The van der Waals surface area contributed by atoms with Gasteiger partial charge in [-0.25, -0.2) is 18.4 Å². The van der Waals surface area contributed by atoms with E-state index >= 15 is 0 Å². The fourth-order valence-electron chi connectivity index (χ4n) is 2.98. The molecule has 0 aliphatic carbocycles. The summed E-state index contributed by atoms with van der Waals surface area (Å²) >= 11 is 0. The summed E-state index contributed by atoms with van der Waals surface area (Å²) in [7, 11) is -3.94. The van der Waals surface area contributed by atoms with E-state index in [0.717, 1.165) is 6.07 Å². The minimum absolute atomic E-state index is 0.0250. The molecular formula is C17H17N5O5S. The van der Waals surface area contributed by atoms with Crippen LogP contribution in [0.25, 0.3) is 0 Å². The number of aromatic nitrogens is 2. The Labute approximate surface area is 161 Å². The van der Waals surface area contributed by atoms with Crippen molar-refractivity contribution in [2.75, 3.05) is 13.1 Å². The molecule has 0 saturated carbocycles. The Morgan fingerprint density at radius 3 is 2.82 bits per heavy atom. The number of hydrogen-bond acceptors (Lipinski definition) is 8. The maximum absolute atomic E-state index is 13.1. The largest absolute Gasteiger partial charge is 0.471 e. The first-order valence-electron chi connectivity index (χ1n) is 8.46. The summed E-state index contributed by atoms with van der Waals surface area (Å²) in [4.78, 5) is 18.2. The minimum Gasteiger partial charge on any atom is -0.471 e. The molecule has 3 rings (SSSR count). The number of aryl methyl sites for hydroxylation is 1. The number of rotatable bonds is 5. The van der Waals surface area contributed by atoms with Gasteiger partial charge in [-0.05, 0) is 25.3 Å². The summed E-state index contributed by atoms with van der Waals surface area (Å²) in [5, 5.41) is 20.1. The molecule has 1 aromatic carbocycles. The Bertz CT molecular complexity index is 1050. The molecule has 1 aliphatic heterocycles. The molecule has 0 N–H and O–H groups in total. The zero-order valence-corrected chi connectivity index (χ0v) is 15.8. The van der Waals surface area contributed by atoms with Crippen molar-refractivity contribution in [2.45, 2.75) is 30.8 Å². The molecular weight excluding hydrogens is 386 g/mol. The average Bonchev–Trinajstić information content (AvgIpc) is 2.68. The Morgan fingerprint density at radius 2 is 2.11 bits per heavy atom. The van der Waals surface area contributed by atoms with Gasteiger partial charge in [0.1, 0.15) is 12.2 Å². The summed E-state index contributed by atoms with van der Waals surface area (Å²) in [5.74, 6) is 0.0563. The molecule has 146 valence electrons. The van der Waals surface area contributed by atoms with E-state index in [4.69, 9.17) is 10.00 Å². The van der Waals surface area contributed by atoms with Crippen molar-refractivity contribution in [1.29, 1.82) is 5.26 Å². The lowest BCUT2D eigenvalue weighted by molar-refractivity contribution is -0.385. The fourth-order valence-corrected chi connectivity index (χ4v) is 4.74. The molecule has 0 amide bonds. The quantitative estimate of drug-likeness (QED) is 0.544. The maximum atomic E-state index is 13.1. The molecule has 10 nitrogen and oxygen atoms in total. The fraction of sp³-hybridized carbons (Fsp3) is 0.353. The molecule has 0 spiro atoms. The molecule has 0 bridgehead atoms. The highest BCUT2D eigenvalue weighted by molar-refractivity contribution is 7.89. The number of nitro benzene ring substituents is 1. The number of sulfonamides is 1. The number of ether oxygens (including phenoxy) is 1. The zero-order chi connectivity index (χ0) is 20.3. The summed E-state index contributed by atoms with van der Waals surface area (Å²) in [6.45, 7) is 1.91. The van der Waals surface area contributed by atoms with Crippen LogP contribution in [-0.4, -0.2) is 46.8 Å². The maximum Gasteiger partial charge on any atom is 0.270 e. The Hall–Kier alpha value is -3.10. The van der Waals surface area contributed by atoms with Crippen molar-refractivity contribution >= 4 is 15.7 Å². The first kappa shape index (κ1) is 19.7. The molecule has 1 fully saturated rings. The molecule has 28 heavy (non-hydrogen) atoms. The van der Waals surface area contributed by atoms with Gasteiger partial charge >= 0.3 is 0 Å². The first-order valence-corrected chi connectivity index (χ1v) is 9.90. The van der Waals surface area contributed by atoms with E-state index in [1.165, 1.54) is 28.8 Å². The molecule has 1 saturated heterocycles. The summed E-state index contributed by atoms with van der Waals surface area (Å²) in [6, 6.07) is 5.65. The van der Waals surface area contributed by atoms with Gasteiger partial charge in [0, 0.05) is 31.1 Å². The van der Waals surface area contributed by atoms with E-state index in [2.05, 4.69) is 9.97 Å². The topological polar surface area (TPSA) is 139 Å². The van der Waals surface area contributed by atoms with E-state index in [0.29, 0.717) is 18.4 Å². The van der Waals surface area contributed by atoms with Gasteiger partial charge in [0.2, 0.25) is 15.7 Å². The third-order valence-corrected chi connectivity index (χ3v) is 6.40. The SMILES string of the molecule is Cc1ccc([N+](=O)[O-])cc1S(=O)(=O)N1CCCC(Oc2nccnc2C#N)C1. The van der Waals surface area contributed by atoms with E-state index in [-0.39, 0.29) is 35.2 Å². The second-order valence-electron chi connectivity index (χ2n) is 6.27. The number of nitrogens with zero attached hydrogens (tertiary/aromatic N) is 5. The van der Waals surface area contributed by atoms with Gasteiger partial charge < -0.3 is 4.74 Å². The number of benzene rings is 1. The van der Waals surface area contributed by atoms with E-state index in [1.54, 1.807) is 6.92 Å². The molecule has 0 radical (unpaired) electrons. The van der Waals surface area contributed by atoms with Crippen molar-refractivity contribution in [2.24, 2.45) is 0 Å². The smallest absolute Gasteiger partial charge is 0.270 e. The average molecular weight is 403 g/mol. The summed E-state index contributed by atoms with van der Waals surface area (Å²) in [6.07, 6.45) is 3.38. The Morgan fingerprint density at radius 1 is 1.36 bits per heavy atom. The number of nitriles is 1. The van der Waals surface area contributed by atoms with Crippen molar-refractivity contribution in [3.63, 3.8) is 0 Å². The highest BCUT2D eigenvalue weighted by Crippen LogP contribution is 2.28. The van der Waals surface area contributed by atoms with Crippen LogP contribution < -0.4 is 4.74 Å². The Kier molecular flexibility index (Phi) is 5.53. The predicted molar refractivity (Wildman–Crippen MR) is 97.0 cm³/mol. The lowest BCUT2D eigenvalue weighted by Gasteiger charge is -2.32. The zero-order valence-electron chi connectivity index (χ0n) is 15.0. The van der Waals surface area contributed by atoms with Crippen LogP contribution >= 0.6 is 0 Å². The second-order valence-corrected chi connectivity index (χ2v) is 8.18. The third-order valence-electron chi connectivity index (χ3n) is 4.39. The standard InChI is InChI=1S/C17H17N5O5S/c1-12-4-5-13(22(23)24)9-16(12)28(25,26)21-8-2-3-14(11-21)27-17-15(10-18)19-6-7-20-17/h4-7,9,14H,2-3,8,11H2,1H3. The number of non-ortho nitro benzene ring substituents is 1. The van der Waals surface area contributed by atoms with Crippen LogP contribution in [0.1, 0.15) is 24.1 Å². The summed E-state index contributed by atoms with van der Waals surface area (Å²) < 4.78 is 33.1. The normalized spacial score (nSPS) is 17.6. The highest BCUT2D eigenvalue weighted by atomic mass is 32.2. The lowest BCUT2D eigenvalue weighted by Crippen LogP contribution is -2.44. The van der Waals surface area contributed by atoms with E-state index < -0.39 is 21.1 Å². The van der Waals surface area contributed by atoms with Gasteiger partial charge in [-0.15, -0.1) is 0 Å². The number of nitro groups is 1. The first-order chi connectivity index (χ1) is 13.3. The molecule has 1 aliphatic rings.